The van der Waals surface area contributed by atoms with Crippen molar-refractivity contribution in [2.45, 2.75) is 12.3 Å². The molecule has 1 aliphatic rings. The minimum Gasteiger partial charge on any atom is -0.228 e. The van der Waals surface area contributed by atoms with Crippen LogP contribution < -0.4 is 0 Å². The molecule has 0 fully saturated rings. The first kappa shape index (κ1) is 33.4. The molecule has 1 atom stereocenters. The summed E-state index contributed by atoms with van der Waals surface area (Å²) in [5, 5.41) is 2.57. The molecule has 2 nitrogen and oxygen atoms in total. The van der Waals surface area contributed by atoms with Gasteiger partial charge in [0.05, 0.1) is 11.4 Å². The van der Waals surface area contributed by atoms with Crippen LogP contribution in [-0.2, 0) is 5.41 Å². The zero-order valence-electron chi connectivity index (χ0n) is 31.4. The molecule has 0 saturated carbocycles. The molecule has 0 amide bonds. The van der Waals surface area contributed by atoms with E-state index in [1.165, 1.54) is 59.1 Å². The van der Waals surface area contributed by atoms with Crippen molar-refractivity contribution in [2.75, 3.05) is 0 Å². The number of rotatable bonds is 6. The number of benzene rings is 8. The van der Waals surface area contributed by atoms with Crippen LogP contribution in [0.4, 0.5) is 0 Å². The monoisotopic (exact) mass is 744 g/mol. The van der Waals surface area contributed by atoms with Crippen molar-refractivity contribution < 1.29 is 0 Å². The molecule has 0 radical (unpaired) electrons. The summed E-state index contributed by atoms with van der Waals surface area (Å²) in [6, 6.07) is 72.2. The maximum absolute atomic E-state index is 5.29. The largest absolute Gasteiger partial charge is 0.228 e. The van der Waals surface area contributed by atoms with Gasteiger partial charge in [0, 0.05) is 42.3 Å². The molecular formula is C54H36N2S. The fourth-order valence-electron chi connectivity index (χ4n) is 9.00. The first-order valence-corrected chi connectivity index (χ1v) is 20.3. The number of hydrogen-bond donors (Lipinski definition) is 0. The highest BCUT2D eigenvalue weighted by molar-refractivity contribution is 7.25. The Labute approximate surface area is 336 Å². The van der Waals surface area contributed by atoms with E-state index in [1.54, 1.807) is 0 Å². The zero-order valence-corrected chi connectivity index (χ0v) is 32.2. The standard InChI is InChI=1S/C54H36N2S/c1-54(39-20-6-3-7-21-39)46-27-12-10-23-41(46)42-31-30-37(33-47(42)54)36-18-14-19-38(32-36)48-34-49(56-53(55-48)35-16-4-2-5-17-35)43-24-9-8-22-40(43)44-26-15-29-51-52(44)45-25-11-13-28-50(45)57-51/h2-34H,1H3. The maximum atomic E-state index is 5.29. The van der Waals surface area contributed by atoms with Gasteiger partial charge < -0.3 is 0 Å². The molecular weight excluding hydrogens is 709 g/mol. The van der Waals surface area contributed by atoms with Gasteiger partial charge in [-0.2, -0.15) is 0 Å². The topological polar surface area (TPSA) is 25.8 Å². The second-order valence-electron chi connectivity index (χ2n) is 15.0. The number of nitrogens with zero attached hydrogens (tertiary/aromatic N) is 2. The van der Waals surface area contributed by atoms with Crippen LogP contribution in [0.1, 0.15) is 23.6 Å². The zero-order chi connectivity index (χ0) is 37.9. The second-order valence-corrected chi connectivity index (χ2v) is 16.1. The minimum atomic E-state index is -0.264. The van der Waals surface area contributed by atoms with Crippen molar-refractivity contribution in [1.29, 1.82) is 0 Å². The molecule has 3 heteroatoms. The van der Waals surface area contributed by atoms with Crippen molar-refractivity contribution in [2.24, 2.45) is 0 Å². The van der Waals surface area contributed by atoms with Gasteiger partial charge in [-0.3, -0.25) is 0 Å². The van der Waals surface area contributed by atoms with Gasteiger partial charge in [-0.25, -0.2) is 9.97 Å². The van der Waals surface area contributed by atoms with E-state index in [-0.39, 0.29) is 5.41 Å². The molecule has 10 aromatic rings. The van der Waals surface area contributed by atoms with Gasteiger partial charge in [-0.1, -0.05) is 170 Å². The lowest BCUT2D eigenvalue weighted by Crippen LogP contribution is -2.22. The normalized spacial score (nSPS) is 14.5. The van der Waals surface area contributed by atoms with Crippen LogP contribution in [0.3, 0.4) is 0 Å². The second kappa shape index (κ2) is 13.4. The SMILES string of the molecule is CC1(c2ccccc2)c2ccccc2-c2ccc(-c3cccc(-c4cc(-c5ccccc5-c5cccc6sc7ccccc7c56)nc(-c5ccccc5)n4)c3)cc21. The Morgan fingerprint density at radius 2 is 0.982 bits per heavy atom. The highest BCUT2D eigenvalue weighted by atomic mass is 32.1. The highest BCUT2D eigenvalue weighted by Crippen LogP contribution is 2.53. The smallest absolute Gasteiger partial charge is 0.160 e. The Bertz CT molecular complexity index is 3140. The Hall–Kier alpha value is -6.94. The highest BCUT2D eigenvalue weighted by Gasteiger charge is 2.40. The fraction of sp³-hybridized carbons (Fsp3) is 0.0370. The predicted octanol–water partition coefficient (Wildman–Crippen LogP) is 14.5. The summed E-state index contributed by atoms with van der Waals surface area (Å²) >= 11 is 1.85. The van der Waals surface area contributed by atoms with E-state index in [4.69, 9.17) is 9.97 Å². The molecule has 1 unspecified atom stereocenters. The molecule has 0 bridgehead atoms. The first-order chi connectivity index (χ1) is 28.1. The summed E-state index contributed by atoms with van der Waals surface area (Å²) in [4.78, 5) is 10.5. The van der Waals surface area contributed by atoms with Gasteiger partial charge in [0.15, 0.2) is 5.82 Å². The lowest BCUT2D eigenvalue weighted by Gasteiger charge is -2.28. The maximum Gasteiger partial charge on any atom is 0.160 e. The van der Waals surface area contributed by atoms with Crippen molar-refractivity contribution in [3.05, 3.63) is 217 Å². The summed E-state index contributed by atoms with van der Waals surface area (Å²) in [7, 11) is 0. The molecule has 0 saturated heterocycles. The van der Waals surface area contributed by atoms with Crippen LogP contribution in [0.15, 0.2) is 200 Å². The van der Waals surface area contributed by atoms with Gasteiger partial charge in [-0.05, 0) is 87.3 Å². The van der Waals surface area contributed by atoms with E-state index in [0.717, 1.165) is 39.2 Å². The number of thiophene rings is 1. The Balaban J connectivity index is 1.06. The number of hydrogen-bond acceptors (Lipinski definition) is 3. The quantitative estimate of drug-likeness (QED) is 0.169. The molecule has 1 aliphatic carbocycles. The van der Waals surface area contributed by atoms with Crippen LogP contribution in [0, 0.1) is 0 Å². The fourth-order valence-corrected chi connectivity index (χ4v) is 10.1. The summed E-state index contributed by atoms with van der Waals surface area (Å²) in [6.45, 7) is 2.37. The molecule has 0 N–H and O–H groups in total. The Morgan fingerprint density at radius 1 is 0.386 bits per heavy atom. The van der Waals surface area contributed by atoms with E-state index < -0.39 is 0 Å². The van der Waals surface area contributed by atoms with Crippen LogP contribution in [0.5, 0.6) is 0 Å². The van der Waals surface area contributed by atoms with Gasteiger partial charge in [0.1, 0.15) is 0 Å². The molecule has 268 valence electrons. The molecule has 11 rings (SSSR count). The van der Waals surface area contributed by atoms with Crippen molar-refractivity contribution >= 4 is 31.5 Å². The summed E-state index contributed by atoms with van der Waals surface area (Å²) in [6.07, 6.45) is 0. The van der Waals surface area contributed by atoms with Crippen LogP contribution >= 0.6 is 11.3 Å². The minimum absolute atomic E-state index is 0.264. The van der Waals surface area contributed by atoms with E-state index in [1.807, 2.05) is 17.4 Å². The van der Waals surface area contributed by atoms with Gasteiger partial charge in [-0.15, -0.1) is 11.3 Å². The van der Waals surface area contributed by atoms with E-state index in [0.29, 0.717) is 5.82 Å². The molecule has 2 heterocycles. The van der Waals surface area contributed by atoms with Gasteiger partial charge in [0.2, 0.25) is 0 Å². The Morgan fingerprint density at radius 3 is 1.84 bits per heavy atom. The predicted molar refractivity (Wildman–Crippen MR) is 240 cm³/mol. The summed E-state index contributed by atoms with van der Waals surface area (Å²) in [5.41, 5.74) is 15.9. The third-order valence-electron chi connectivity index (χ3n) is 11.8. The van der Waals surface area contributed by atoms with Crippen molar-refractivity contribution in [3.63, 3.8) is 0 Å². The summed E-state index contributed by atoms with van der Waals surface area (Å²) < 4.78 is 2.58. The first-order valence-electron chi connectivity index (χ1n) is 19.5. The lowest BCUT2D eigenvalue weighted by molar-refractivity contribution is 0.714. The van der Waals surface area contributed by atoms with Crippen LogP contribution in [-0.4, -0.2) is 9.97 Å². The number of aromatic nitrogens is 2. The van der Waals surface area contributed by atoms with Crippen molar-refractivity contribution in [3.8, 4) is 67.3 Å². The molecule has 57 heavy (non-hydrogen) atoms. The van der Waals surface area contributed by atoms with Crippen molar-refractivity contribution in [1.82, 2.24) is 9.97 Å². The molecule has 2 aromatic heterocycles. The molecule has 0 spiro atoms. The number of fused-ring (bicyclic) bond motifs is 6. The molecule has 0 aliphatic heterocycles. The van der Waals surface area contributed by atoms with E-state index in [9.17, 15) is 0 Å². The lowest BCUT2D eigenvalue weighted by atomic mass is 9.74. The van der Waals surface area contributed by atoms with Crippen LogP contribution in [0.25, 0.3) is 87.5 Å². The molecule has 8 aromatic carbocycles. The average molecular weight is 745 g/mol. The third-order valence-corrected chi connectivity index (χ3v) is 12.9. The van der Waals surface area contributed by atoms with E-state index >= 15 is 0 Å². The van der Waals surface area contributed by atoms with Gasteiger partial charge in [0.25, 0.3) is 0 Å². The van der Waals surface area contributed by atoms with Gasteiger partial charge >= 0.3 is 0 Å². The van der Waals surface area contributed by atoms with E-state index in [2.05, 4.69) is 201 Å². The third kappa shape index (κ3) is 5.46. The average Bonchev–Trinajstić information content (AvgIpc) is 3.80. The van der Waals surface area contributed by atoms with Crippen LogP contribution in [0.2, 0.25) is 0 Å². The summed E-state index contributed by atoms with van der Waals surface area (Å²) in [5.74, 6) is 0.705. The Kier molecular flexibility index (Phi) is 7.84.